The molecule has 0 fully saturated rings. The molecule has 0 spiro atoms. The molecule has 14 heavy (non-hydrogen) atoms. The quantitative estimate of drug-likeness (QED) is 0.720. The van der Waals surface area contributed by atoms with Gasteiger partial charge in [0.15, 0.2) is 0 Å². The van der Waals surface area contributed by atoms with Crippen molar-refractivity contribution >= 4 is 5.97 Å². The molecule has 2 N–H and O–H groups in total. The summed E-state index contributed by atoms with van der Waals surface area (Å²) in [7, 11) is 0. The molecule has 0 bridgehead atoms. The molecule has 0 aliphatic rings. The van der Waals surface area contributed by atoms with Gasteiger partial charge in [-0.15, -0.1) is 0 Å². The van der Waals surface area contributed by atoms with Crippen molar-refractivity contribution in [3.63, 3.8) is 0 Å². The summed E-state index contributed by atoms with van der Waals surface area (Å²) in [5, 5.41) is 4.12. The predicted molar refractivity (Wildman–Crippen MR) is 51.8 cm³/mol. The lowest BCUT2D eigenvalue weighted by atomic mass is 10.2. The van der Waals surface area contributed by atoms with E-state index < -0.39 is 0 Å². The Morgan fingerprint density at radius 1 is 1.57 bits per heavy atom. The van der Waals surface area contributed by atoms with Gasteiger partial charge in [0.25, 0.3) is 0 Å². The van der Waals surface area contributed by atoms with E-state index in [9.17, 15) is 4.79 Å². The van der Waals surface area contributed by atoms with Gasteiger partial charge in [-0.05, 0) is 20.8 Å². The molecule has 0 saturated heterocycles. The highest BCUT2D eigenvalue weighted by atomic mass is 16.5. The topological polar surface area (TPSA) is 70.1 Å². The zero-order valence-electron chi connectivity index (χ0n) is 8.70. The Balaban J connectivity index is 3.07. The maximum Gasteiger partial charge on any atom is 0.341 e. The number of carbonyl (C=O) groups is 1. The van der Waals surface area contributed by atoms with E-state index in [-0.39, 0.29) is 12.6 Å². The minimum absolute atomic E-state index is 0.270. The fourth-order valence-electron chi connectivity index (χ4n) is 1.37. The first-order valence-corrected chi connectivity index (χ1v) is 4.53. The van der Waals surface area contributed by atoms with E-state index in [1.54, 1.807) is 25.5 Å². The van der Waals surface area contributed by atoms with Gasteiger partial charge in [0, 0.05) is 0 Å². The Labute approximate surface area is 82.8 Å². The lowest BCUT2D eigenvalue weighted by molar-refractivity contribution is 0.0524. The fraction of sp³-hybridized carbons (Fsp3) is 0.556. The highest BCUT2D eigenvalue weighted by Gasteiger charge is 2.18. The Morgan fingerprint density at radius 2 is 2.21 bits per heavy atom. The van der Waals surface area contributed by atoms with E-state index in [0.717, 1.165) is 5.69 Å². The van der Waals surface area contributed by atoms with Crippen molar-refractivity contribution in [1.82, 2.24) is 9.78 Å². The number of esters is 1. The van der Waals surface area contributed by atoms with Gasteiger partial charge in [0.2, 0.25) is 0 Å². The van der Waals surface area contributed by atoms with Gasteiger partial charge in [0.05, 0.1) is 24.7 Å². The van der Waals surface area contributed by atoms with Crippen LogP contribution in [0.15, 0.2) is 0 Å². The molecule has 0 atom stereocenters. The van der Waals surface area contributed by atoms with Crippen LogP contribution in [0.2, 0.25) is 0 Å². The number of ether oxygens (including phenoxy) is 1. The monoisotopic (exact) mass is 197 g/mol. The number of hydrogen-bond donors (Lipinski definition) is 1. The summed E-state index contributed by atoms with van der Waals surface area (Å²) >= 11 is 0. The number of aryl methyl sites for hydroxylation is 1. The van der Waals surface area contributed by atoms with E-state index in [4.69, 9.17) is 10.5 Å². The number of nitrogens with zero attached hydrogens (tertiary/aromatic N) is 2. The zero-order valence-corrected chi connectivity index (χ0v) is 8.70. The summed E-state index contributed by atoms with van der Waals surface area (Å²) in [5.41, 5.74) is 7.39. The van der Waals surface area contributed by atoms with Crippen molar-refractivity contribution in [2.75, 3.05) is 6.61 Å². The third-order valence-electron chi connectivity index (χ3n) is 2.03. The SMILES string of the molecule is CCOC(=O)c1c(C)nn(CN)c1C. The van der Waals surface area contributed by atoms with Crippen LogP contribution in [0.3, 0.4) is 0 Å². The van der Waals surface area contributed by atoms with Crippen LogP contribution < -0.4 is 5.73 Å². The van der Waals surface area contributed by atoms with Crippen molar-refractivity contribution in [1.29, 1.82) is 0 Å². The molecule has 1 heterocycles. The molecule has 78 valence electrons. The first-order valence-electron chi connectivity index (χ1n) is 4.53. The summed E-state index contributed by atoms with van der Waals surface area (Å²) in [4.78, 5) is 11.5. The molecule has 0 unspecified atom stereocenters. The van der Waals surface area contributed by atoms with Crippen molar-refractivity contribution in [2.24, 2.45) is 5.73 Å². The molecule has 0 amide bonds. The second kappa shape index (κ2) is 4.23. The largest absolute Gasteiger partial charge is 0.462 e. The molecule has 0 radical (unpaired) electrons. The molecule has 0 aromatic carbocycles. The summed E-state index contributed by atoms with van der Waals surface area (Å²) in [6.07, 6.45) is 0. The van der Waals surface area contributed by atoms with E-state index in [1.165, 1.54) is 0 Å². The molecular formula is C9H15N3O2. The fourth-order valence-corrected chi connectivity index (χ4v) is 1.37. The second-order valence-electron chi connectivity index (χ2n) is 2.95. The average Bonchev–Trinajstić information content (AvgIpc) is 2.41. The van der Waals surface area contributed by atoms with Crippen LogP contribution in [0.4, 0.5) is 0 Å². The third kappa shape index (κ3) is 1.77. The lowest BCUT2D eigenvalue weighted by Crippen LogP contribution is -2.12. The van der Waals surface area contributed by atoms with Crippen LogP contribution in [0.1, 0.15) is 28.7 Å². The predicted octanol–water partition coefficient (Wildman–Crippen LogP) is 0.593. The first kappa shape index (κ1) is 10.7. The van der Waals surface area contributed by atoms with Gasteiger partial charge in [-0.3, -0.25) is 4.68 Å². The highest BCUT2D eigenvalue weighted by molar-refractivity contribution is 5.91. The van der Waals surface area contributed by atoms with Gasteiger partial charge in [0.1, 0.15) is 5.56 Å². The van der Waals surface area contributed by atoms with Gasteiger partial charge < -0.3 is 10.5 Å². The average molecular weight is 197 g/mol. The number of rotatable bonds is 3. The van der Waals surface area contributed by atoms with Gasteiger partial charge >= 0.3 is 5.97 Å². The van der Waals surface area contributed by atoms with Crippen LogP contribution in [0, 0.1) is 13.8 Å². The summed E-state index contributed by atoms with van der Waals surface area (Å²) in [6, 6.07) is 0. The lowest BCUT2D eigenvalue weighted by Gasteiger charge is -2.02. The molecule has 5 nitrogen and oxygen atoms in total. The molecular weight excluding hydrogens is 182 g/mol. The molecule has 1 aromatic rings. The Kier molecular flexibility index (Phi) is 3.24. The normalized spacial score (nSPS) is 10.3. The van der Waals surface area contributed by atoms with Crippen LogP contribution in [-0.4, -0.2) is 22.4 Å². The maximum absolute atomic E-state index is 11.5. The molecule has 1 aromatic heterocycles. The first-order chi connectivity index (χ1) is 6.61. The molecule has 0 saturated carbocycles. The molecule has 1 rings (SSSR count). The molecule has 5 heteroatoms. The zero-order chi connectivity index (χ0) is 10.7. The Morgan fingerprint density at radius 3 is 2.64 bits per heavy atom. The smallest absolute Gasteiger partial charge is 0.341 e. The van der Waals surface area contributed by atoms with Gasteiger partial charge in [-0.2, -0.15) is 5.10 Å². The minimum Gasteiger partial charge on any atom is -0.462 e. The molecule has 0 aliphatic carbocycles. The number of hydrogen-bond acceptors (Lipinski definition) is 4. The highest BCUT2D eigenvalue weighted by Crippen LogP contribution is 2.13. The second-order valence-corrected chi connectivity index (χ2v) is 2.95. The van der Waals surface area contributed by atoms with Crippen molar-refractivity contribution in [3.05, 3.63) is 17.0 Å². The maximum atomic E-state index is 11.5. The summed E-state index contributed by atoms with van der Waals surface area (Å²) in [6.45, 7) is 5.98. The third-order valence-corrected chi connectivity index (χ3v) is 2.03. The number of nitrogens with two attached hydrogens (primary N) is 1. The van der Waals surface area contributed by atoms with E-state index in [2.05, 4.69) is 5.10 Å². The van der Waals surface area contributed by atoms with E-state index in [0.29, 0.717) is 17.9 Å². The summed E-state index contributed by atoms with van der Waals surface area (Å²) in [5.74, 6) is -0.331. The number of aromatic nitrogens is 2. The van der Waals surface area contributed by atoms with Crippen LogP contribution >= 0.6 is 0 Å². The summed E-state index contributed by atoms with van der Waals surface area (Å²) < 4.78 is 6.50. The van der Waals surface area contributed by atoms with Crippen molar-refractivity contribution < 1.29 is 9.53 Å². The van der Waals surface area contributed by atoms with Gasteiger partial charge in [-0.25, -0.2) is 4.79 Å². The van der Waals surface area contributed by atoms with Crippen LogP contribution in [0.5, 0.6) is 0 Å². The van der Waals surface area contributed by atoms with Crippen molar-refractivity contribution in [2.45, 2.75) is 27.4 Å². The van der Waals surface area contributed by atoms with Crippen LogP contribution in [0.25, 0.3) is 0 Å². The van der Waals surface area contributed by atoms with Crippen molar-refractivity contribution in [3.8, 4) is 0 Å². The minimum atomic E-state index is -0.331. The van der Waals surface area contributed by atoms with Crippen LogP contribution in [-0.2, 0) is 11.4 Å². The molecule has 0 aliphatic heterocycles. The van der Waals surface area contributed by atoms with E-state index in [1.807, 2.05) is 0 Å². The Hall–Kier alpha value is -1.36. The number of carbonyl (C=O) groups excluding carboxylic acids is 1. The van der Waals surface area contributed by atoms with Gasteiger partial charge in [-0.1, -0.05) is 0 Å². The Bertz CT molecular complexity index is 344. The standard InChI is InChI=1S/C9H15N3O2/c1-4-14-9(13)8-6(2)11-12(5-10)7(8)3/h4-5,10H2,1-3H3. The van der Waals surface area contributed by atoms with E-state index >= 15 is 0 Å².